The Labute approximate surface area is 208 Å². The van der Waals surface area contributed by atoms with Crippen LogP contribution in [0.15, 0.2) is 29.0 Å². The van der Waals surface area contributed by atoms with Gasteiger partial charge < -0.3 is 19.7 Å². The molecule has 1 aliphatic carbocycles. The van der Waals surface area contributed by atoms with Crippen LogP contribution in [0.1, 0.15) is 81.7 Å². The summed E-state index contributed by atoms with van der Waals surface area (Å²) in [6, 6.07) is 2.57. The molecule has 188 valence electrons. The quantitative estimate of drug-likeness (QED) is 0.677. The topological polar surface area (TPSA) is 78.6 Å². The molecule has 0 radical (unpaired) electrons. The lowest BCUT2D eigenvalue weighted by Crippen LogP contribution is -2.37. The van der Waals surface area contributed by atoms with Gasteiger partial charge in [0.05, 0.1) is 0 Å². The fourth-order valence-corrected chi connectivity index (χ4v) is 5.86. The summed E-state index contributed by atoms with van der Waals surface area (Å²) in [5.74, 6) is 2.20. The first kappa shape index (κ1) is 24.0. The summed E-state index contributed by atoms with van der Waals surface area (Å²) in [6.45, 7) is 6.65. The van der Waals surface area contributed by atoms with E-state index in [9.17, 15) is 4.79 Å². The predicted molar refractivity (Wildman–Crippen MR) is 140 cm³/mol. The molecule has 2 aromatic rings. The van der Waals surface area contributed by atoms with Crippen LogP contribution < -0.4 is 5.32 Å². The molecule has 0 unspecified atom stereocenters. The summed E-state index contributed by atoms with van der Waals surface area (Å²) in [5, 5.41) is 4.38. The maximum atomic E-state index is 13.0. The number of hydrogen-bond donors (Lipinski definition) is 1. The molecule has 1 saturated heterocycles. The number of rotatable bonds is 5. The highest BCUT2D eigenvalue weighted by molar-refractivity contribution is 5.98. The van der Waals surface area contributed by atoms with Crippen molar-refractivity contribution in [2.24, 2.45) is 10.9 Å². The summed E-state index contributed by atoms with van der Waals surface area (Å²) in [4.78, 5) is 31.4. The third-order valence-electron chi connectivity index (χ3n) is 7.77. The lowest BCUT2D eigenvalue weighted by molar-refractivity contribution is 0.0815. The van der Waals surface area contributed by atoms with Gasteiger partial charge in [-0.25, -0.2) is 4.98 Å². The lowest BCUT2D eigenvalue weighted by atomic mass is 9.86. The third kappa shape index (κ3) is 4.85. The molecular weight excluding hydrogens is 438 g/mol. The van der Waals surface area contributed by atoms with E-state index in [2.05, 4.69) is 39.8 Å². The van der Waals surface area contributed by atoms with Gasteiger partial charge in [-0.05, 0) is 71.0 Å². The molecule has 0 spiro atoms. The Morgan fingerprint density at radius 1 is 1.14 bits per heavy atom. The normalized spacial score (nSPS) is 21.3. The summed E-state index contributed by atoms with van der Waals surface area (Å²) in [7, 11) is 3.61. The van der Waals surface area contributed by atoms with E-state index in [1.165, 1.54) is 25.7 Å². The summed E-state index contributed by atoms with van der Waals surface area (Å²) in [5.41, 5.74) is 3.08. The maximum Gasteiger partial charge on any atom is 0.270 e. The van der Waals surface area contributed by atoms with Crippen molar-refractivity contribution in [2.75, 3.05) is 27.2 Å². The van der Waals surface area contributed by atoms with E-state index in [0.717, 1.165) is 55.6 Å². The van der Waals surface area contributed by atoms with E-state index >= 15 is 0 Å². The Morgan fingerprint density at radius 3 is 2.57 bits per heavy atom. The number of allylic oxidation sites excluding steroid dienone is 1. The second kappa shape index (κ2) is 10.1. The molecule has 0 aromatic carbocycles. The first-order valence-electron chi connectivity index (χ1n) is 13.3. The number of nitrogens with zero attached hydrogens (tertiary/aromatic N) is 6. The number of carbonyl (C=O) groups is 1. The third-order valence-corrected chi connectivity index (χ3v) is 7.77. The second-order valence-corrected chi connectivity index (χ2v) is 10.7. The van der Waals surface area contributed by atoms with E-state index in [0.29, 0.717) is 29.6 Å². The van der Waals surface area contributed by atoms with Crippen LogP contribution in [0.4, 0.5) is 5.95 Å². The minimum Gasteiger partial charge on any atom is -0.343 e. The molecule has 1 amide bonds. The van der Waals surface area contributed by atoms with E-state index in [-0.39, 0.29) is 5.91 Å². The van der Waals surface area contributed by atoms with Crippen molar-refractivity contribution in [3.63, 3.8) is 0 Å². The summed E-state index contributed by atoms with van der Waals surface area (Å²) in [6.07, 6.45) is 13.1. The largest absolute Gasteiger partial charge is 0.343 e. The summed E-state index contributed by atoms with van der Waals surface area (Å²) >= 11 is 0. The summed E-state index contributed by atoms with van der Waals surface area (Å²) < 4.78 is 2.16. The van der Waals surface area contributed by atoms with Gasteiger partial charge in [0.2, 0.25) is 0 Å². The molecule has 4 heterocycles. The molecule has 35 heavy (non-hydrogen) atoms. The fraction of sp³-hybridized carbons (Fsp3) is 0.630. The van der Waals surface area contributed by atoms with Crippen LogP contribution in [0.25, 0.3) is 11.0 Å². The van der Waals surface area contributed by atoms with Gasteiger partial charge >= 0.3 is 0 Å². The van der Waals surface area contributed by atoms with Crippen molar-refractivity contribution >= 4 is 28.7 Å². The van der Waals surface area contributed by atoms with Crippen molar-refractivity contribution < 1.29 is 4.79 Å². The van der Waals surface area contributed by atoms with Crippen molar-refractivity contribution in [2.45, 2.75) is 77.3 Å². The molecule has 1 N–H and O–H groups in total. The van der Waals surface area contributed by atoms with Gasteiger partial charge in [0, 0.05) is 50.4 Å². The van der Waals surface area contributed by atoms with Gasteiger partial charge in [0.15, 0.2) is 0 Å². The van der Waals surface area contributed by atoms with Gasteiger partial charge in [0.1, 0.15) is 17.2 Å². The van der Waals surface area contributed by atoms with Crippen LogP contribution >= 0.6 is 0 Å². The zero-order valence-electron chi connectivity index (χ0n) is 21.6. The average molecular weight is 478 g/mol. The predicted octanol–water partition coefficient (Wildman–Crippen LogP) is 4.67. The van der Waals surface area contributed by atoms with Crippen molar-refractivity contribution in [3.8, 4) is 0 Å². The Balaban J connectivity index is 1.51. The minimum absolute atomic E-state index is 0.0107. The molecule has 2 aromatic heterocycles. The number of fused-ring (bicyclic) bond motifs is 1. The number of carbonyl (C=O) groups excluding carboxylic acids is 1. The van der Waals surface area contributed by atoms with Crippen LogP contribution in [-0.4, -0.2) is 69.3 Å². The Morgan fingerprint density at radius 2 is 1.89 bits per heavy atom. The van der Waals surface area contributed by atoms with Crippen LogP contribution in [-0.2, 0) is 0 Å². The fourth-order valence-electron chi connectivity index (χ4n) is 5.86. The zero-order valence-corrected chi connectivity index (χ0v) is 21.6. The average Bonchev–Trinajstić information content (AvgIpc) is 3.51. The molecule has 8 heteroatoms. The number of nitrogens with one attached hydrogen (secondary N) is 1. The first-order chi connectivity index (χ1) is 16.9. The monoisotopic (exact) mass is 477 g/mol. The van der Waals surface area contributed by atoms with E-state index in [4.69, 9.17) is 9.98 Å². The van der Waals surface area contributed by atoms with E-state index < -0.39 is 0 Å². The van der Waals surface area contributed by atoms with Gasteiger partial charge in [-0.15, -0.1) is 0 Å². The molecule has 3 aliphatic rings. The number of amidine groups is 1. The van der Waals surface area contributed by atoms with Gasteiger partial charge in [-0.3, -0.25) is 4.79 Å². The number of aromatic nitrogens is 3. The van der Waals surface area contributed by atoms with Crippen LogP contribution in [0.2, 0.25) is 0 Å². The smallest absolute Gasteiger partial charge is 0.270 e. The number of hydrogen-bond acceptors (Lipinski definition) is 5. The minimum atomic E-state index is 0.0107. The lowest BCUT2D eigenvalue weighted by Gasteiger charge is -2.35. The highest BCUT2D eigenvalue weighted by Crippen LogP contribution is 2.35. The zero-order chi connectivity index (χ0) is 24.5. The van der Waals surface area contributed by atoms with Crippen molar-refractivity contribution in [1.29, 1.82) is 0 Å². The standard InChI is InChI=1S/C27H39N7O/c1-18(2)33-17-20(19-11-13-28-14-12-19)9-10-24(33)30-27-29-16-21-15-23(26(35)32(3)4)34(25(21)31-27)22-7-5-6-8-22/h15-19,22,28H,5-14H2,1-4H3. The number of piperidine rings is 1. The van der Waals surface area contributed by atoms with E-state index in [1.807, 2.05) is 12.3 Å². The van der Waals surface area contributed by atoms with Crippen molar-refractivity contribution in [3.05, 3.63) is 29.7 Å². The van der Waals surface area contributed by atoms with Crippen LogP contribution in [0, 0.1) is 5.92 Å². The molecule has 2 aliphatic heterocycles. The Kier molecular flexibility index (Phi) is 6.91. The molecule has 8 nitrogen and oxygen atoms in total. The molecule has 1 saturated carbocycles. The highest BCUT2D eigenvalue weighted by atomic mass is 16.2. The molecular formula is C27H39N7O. The SMILES string of the molecule is CC(C)N1C=C(C2CCNCC2)CCC1=Nc1ncc2cc(C(=O)N(C)C)n(C3CCCC3)c2n1. The first-order valence-corrected chi connectivity index (χ1v) is 13.3. The van der Waals surface area contributed by atoms with E-state index in [1.54, 1.807) is 24.6 Å². The molecule has 2 fully saturated rings. The van der Waals surface area contributed by atoms with Gasteiger partial charge in [0.25, 0.3) is 11.9 Å². The Bertz CT molecular complexity index is 1130. The molecule has 0 atom stereocenters. The van der Waals surface area contributed by atoms with Crippen LogP contribution in [0.5, 0.6) is 0 Å². The van der Waals surface area contributed by atoms with Crippen LogP contribution in [0.3, 0.4) is 0 Å². The Hall–Kier alpha value is -2.74. The molecule has 5 rings (SSSR count). The molecule has 0 bridgehead atoms. The highest BCUT2D eigenvalue weighted by Gasteiger charge is 2.28. The van der Waals surface area contributed by atoms with Gasteiger partial charge in [-0.2, -0.15) is 9.98 Å². The number of aliphatic imine (C=N–C) groups is 1. The maximum absolute atomic E-state index is 13.0. The number of amides is 1. The van der Waals surface area contributed by atoms with Crippen molar-refractivity contribution in [1.82, 2.24) is 29.7 Å². The second-order valence-electron chi connectivity index (χ2n) is 10.7. The van der Waals surface area contributed by atoms with Gasteiger partial charge in [-0.1, -0.05) is 18.4 Å².